The maximum absolute atomic E-state index is 12.5. The first-order valence-electron chi connectivity index (χ1n) is 8.12. The van der Waals surface area contributed by atoms with Crippen molar-refractivity contribution < 1.29 is 19.1 Å². The third kappa shape index (κ3) is 6.42. The van der Waals surface area contributed by atoms with Crippen LogP contribution in [-0.4, -0.2) is 30.6 Å². The van der Waals surface area contributed by atoms with E-state index in [-0.39, 0.29) is 5.91 Å². The van der Waals surface area contributed by atoms with Gasteiger partial charge in [-0.25, -0.2) is 4.79 Å². The van der Waals surface area contributed by atoms with E-state index < -0.39 is 17.6 Å². The highest BCUT2D eigenvalue weighted by Gasteiger charge is 2.25. The third-order valence-electron chi connectivity index (χ3n) is 3.63. The van der Waals surface area contributed by atoms with Gasteiger partial charge in [0.1, 0.15) is 5.75 Å². The first-order valence-corrected chi connectivity index (χ1v) is 8.50. The summed E-state index contributed by atoms with van der Waals surface area (Å²) in [7, 11) is 1.30. The summed E-state index contributed by atoms with van der Waals surface area (Å²) in [6.07, 6.45) is 2.72. The van der Waals surface area contributed by atoms with Crippen molar-refractivity contribution in [2.45, 2.75) is 52.7 Å². The van der Waals surface area contributed by atoms with Crippen molar-refractivity contribution >= 4 is 23.5 Å². The summed E-state index contributed by atoms with van der Waals surface area (Å²) in [5.41, 5.74) is 1.08. The number of methoxy groups -OCH3 is 1. The number of ether oxygens (including phenoxy) is 2. The summed E-state index contributed by atoms with van der Waals surface area (Å²) in [5, 5.41) is 3.56. The zero-order valence-electron chi connectivity index (χ0n) is 15.6. The number of hydrogen-bond acceptors (Lipinski definition) is 4. The van der Waals surface area contributed by atoms with E-state index in [9.17, 15) is 9.59 Å². The lowest BCUT2D eigenvalue weighted by Crippen LogP contribution is -2.48. The number of carbonyl (C=O) groups excluding carboxylic acids is 2. The van der Waals surface area contributed by atoms with Gasteiger partial charge in [-0.15, -0.1) is 0 Å². The molecule has 138 valence electrons. The predicted octanol–water partition coefficient (Wildman–Crippen LogP) is 3.74. The Kier molecular flexibility index (Phi) is 7.49. The Balaban J connectivity index is 2.84. The second-order valence-corrected chi connectivity index (χ2v) is 6.83. The van der Waals surface area contributed by atoms with E-state index in [2.05, 4.69) is 10.1 Å². The molecule has 0 aliphatic carbocycles. The fourth-order valence-corrected chi connectivity index (χ4v) is 2.35. The van der Waals surface area contributed by atoms with Crippen LogP contribution in [0.1, 0.15) is 38.3 Å². The summed E-state index contributed by atoms with van der Waals surface area (Å²) < 4.78 is 10.4. The van der Waals surface area contributed by atoms with Gasteiger partial charge in [0.05, 0.1) is 12.6 Å². The second kappa shape index (κ2) is 8.90. The number of hydrogen-bond donors (Lipinski definition) is 1. The van der Waals surface area contributed by atoms with Crippen LogP contribution < -0.4 is 10.1 Å². The smallest absolute Gasteiger partial charge is 0.330 e. The van der Waals surface area contributed by atoms with Crippen molar-refractivity contribution in [1.29, 1.82) is 0 Å². The van der Waals surface area contributed by atoms with Crippen LogP contribution in [0.3, 0.4) is 0 Å². The molecule has 0 saturated heterocycles. The van der Waals surface area contributed by atoms with E-state index >= 15 is 0 Å². The molecule has 0 radical (unpaired) electrons. The molecular formula is C19H26ClNO4. The normalized spacial score (nSPS) is 12.8. The Bertz CT molecular complexity index is 644. The highest BCUT2D eigenvalue weighted by atomic mass is 35.5. The van der Waals surface area contributed by atoms with Crippen molar-refractivity contribution in [3.05, 3.63) is 40.4 Å². The van der Waals surface area contributed by atoms with Crippen molar-refractivity contribution in [2.75, 3.05) is 7.11 Å². The number of rotatable bonds is 7. The van der Waals surface area contributed by atoms with Gasteiger partial charge in [-0.1, -0.05) is 24.6 Å². The zero-order chi connectivity index (χ0) is 19.2. The summed E-state index contributed by atoms with van der Waals surface area (Å²) in [5.74, 6) is -0.130. The van der Waals surface area contributed by atoms with Crippen molar-refractivity contribution in [1.82, 2.24) is 5.32 Å². The SMILES string of the molecule is CC[C@@H](Oc1cc(C)c(Cl)c(C)c1)C(=O)NC(C)(C)/C=C/C(=O)OC. The summed E-state index contributed by atoms with van der Waals surface area (Å²) in [6, 6.07) is 3.63. The third-order valence-corrected chi connectivity index (χ3v) is 4.23. The number of esters is 1. The van der Waals surface area contributed by atoms with Crippen LogP contribution in [0.2, 0.25) is 5.02 Å². The van der Waals surface area contributed by atoms with Crippen LogP contribution in [0, 0.1) is 13.8 Å². The highest BCUT2D eigenvalue weighted by Crippen LogP contribution is 2.26. The number of benzene rings is 1. The lowest BCUT2D eigenvalue weighted by atomic mass is 10.0. The molecule has 0 fully saturated rings. The lowest BCUT2D eigenvalue weighted by molar-refractivity contribution is -0.135. The monoisotopic (exact) mass is 367 g/mol. The fraction of sp³-hybridized carbons (Fsp3) is 0.474. The van der Waals surface area contributed by atoms with Gasteiger partial charge in [-0.3, -0.25) is 4.79 Å². The zero-order valence-corrected chi connectivity index (χ0v) is 16.4. The van der Waals surface area contributed by atoms with Gasteiger partial charge < -0.3 is 14.8 Å². The minimum atomic E-state index is -0.714. The summed E-state index contributed by atoms with van der Waals surface area (Å²) in [4.78, 5) is 23.7. The number of aryl methyl sites for hydroxylation is 2. The van der Waals surface area contributed by atoms with Crippen molar-refractivity contribution in [3.63, 3.8) is 0 Å². The van der Waals surface area contributed by atoms with E-state index in [1.807, 2.05) is 32.9 Å². The molecule has 0 aliphatic heterocycles. The van der Waals surface area contributed by atoms with Crippen LogP contribution in [0.15, 0.2) is 24.3 Å². The molecule has 1 rings (SSSR count). The van der Waals surface area contributed by atoms with Crippen LogP contribution in [0.4, 0.5) is 0 Å². The molecule has 0 spiro atoms. The molecule has 1 atom stereocenters. The molecular weight excluding hydrogens is 342 g/mol. The van der Waals surface area contributed by atoms with E-state index in [1.54, 1.807) is 19.9 Å². The van der Waals surface area contributed by atoms with Crippen molar-refractivity contribution in [3.8, 4) is 5.75 Å². The van der Waals surface area contributed by atoms with Gasteiger partial charge in [0.25, 0.3) is 5.91 Å². The molecule has 1 aromatic carbocycles. The van der Waals surface area contributed by atoms with E-state index in [0.717, 1.165) is 11.1 Å². The Labute approximate surface area is 154 Å². The molecule has 1 N–H and O–H groups in total. The summed E-state index contributed by atoms with van der Waals surface area (Å²) in [6.45, 7) is 9.23. The minimum absolute atomic E-state index is 0.257. The van der Waals surface area contributed by atoms with Gasteiger partial charge in [0.2, 0.25) is 0 Å². The van der Waals surface area contributed by atoms with Crippen LogP contribution >= 0.6 is 11.6 Å². The molecule has 0 aliphatic rings. The predicted molar refractivity (Wildman–Crippen MR) is 99.0 cm³/mol. The minimum Gasteiger partial charge on any atom is -0.481 e. The topological polar surface area (TPSA) is 64.6 Å². The maximum Gasteiger partial charge on any atom is 0.330 e. The number of halogens is 1. The first-order chi connectivity index (χ1) is 11.6. The van der Waals surface area contributed by atoms with Crippen LogP contribution in [-0.2, 0) is 14.3 Å². The fourth-order valence-electron chi connectivity index (χ4n) is 2.24. The molecule has 0 unspecified atom stereocenters. The Morgan fingerprint density at radius 2 is 1.84 bits per heavy atom. The molecule has 5 nitrogen and oxygen atoms in total. The largest absolute Gasteiger partial charge is 0.481 e. The van der Waals surface area contributed by atoms with E-state index in [0.29, 0.717) is 17.2 Å². The van der Waals surface area contributed by atoms with Gasteiger partial charge >= 0.3 is 5.97 Å². The van der Waals surface area contributed by atoms with E-state index in [4.69, 9.17) is 16.3 Å². The lowest BCUT2D eigenvalue weighted by Gasteiger charge is -2.26. The van der Waals surface area contributed by atoms with Crippen LogP contribution in [0.5, 0.6) is 5.75 Å². The Hall–Kier alpha value is -2.01. The average Bonchev–Trinajstić information content (AvgIpc) is 2.54. The molecule has 6 heteroatoms. The van der Waals surface area contributed by atoms with Crippen LogP contribution in [0.25, 0.3) is 0 Å². The maximum atomic E-state index is 12.5. The molecule has 0 aromatic heterocycles. The average molecular weight is 368 g/mol. The molecule has 1 amide bonds. The van der Waals surface area contributed by atoms with E-state index in [1.165, 1.54) is 13.2 Å². The molecule has 0 heterocycles. The molecule has 0 saturated carbocycles. The first kappa shape index (κ1) is 21.0. The van der Waals surface area contributed by atoms with Crippen molar-refractivity contribution in [2.24, 2.45) is 0 Å². The number of amides is 1. The van der Waals surface area contributed by atoms with Gasteiger partial charge in [-0.2, -0.15) is 0 Å². The van der Waals surface area contributed by atoms with Gasteiger partial charge in [0, 0.05) is 11.1 Å². The van der Waals surface area contributed by atoms with Gasteiger partial charge in [-0.05, 0) is 57.4 Å². The molecule has 1 aromatic rings. The number of nitrogens with one attached hydrogen (secondary N) is 1. The van der Waals surface area contributed by atoms with Gasteiger partial charge in [0.15, 0.2) is 6.10 Å². The Morgan fingerprint density at radius 3 is 2.32 bits per heavy atom. The second-order valence-electron chi connectivity index (χ2n) is 6.45. The molecule has 25 heavy (non-hydrogen) atoms. The number of carbonyl (C=O) groups is 2. The quantitative estimate of drug-likeness (QED) is 0.589. The summed E-state index contributed by atoms with van der Waals surface area (Å²) >= 11 is 6.16. The highest BCUT2D eigenvalue weighted by molar-refractivity contribution is 6.32. The Morgan fingerprint density at radius 1 is 1.28 bits per heavy atom. The standard InChI is InChI=1S/C19H26ClNO4/c1-7-15(25-14-10-12(2)17(20)13(3)11-14)18(23)21-19(4,5)9-8-16(22)24-6/h8-11,15H,7H2,1-6H3,(H,21,23)/b9-8+/t15-/m1/s1. The molecule has 0 bridgehead atoms.